The van der Waals surface area contributed by atoms with Gasteiger partial charge in [-0.25, -0.2) is 4.98 Å². The van der Waals surface area contributed by atoms with E-state index in [-0.39, 0.29) is 30.7 Å². The molecule has 0 fully saturated rings. The van der Waals surface area contributed by atoms with E-state index in [4.69, 9.17) is 0 Å². The molecule has 0 aliphatic heterocycles. The number of hydrogen-bond acceptors (Lipinski definition) is 5. The number of pyridine rings is 1. The van der Waals surface area contributed by atoms with E-state index < -0.39 is 0 Å². The van der Waals surface area contributed by atoms with Gasteiger partial charge in [0.25, 0.3) is 0 Å². The summed E-state index contributed by atoms with van der Waals surface area (Å²) in [6.45, 7) is 1.85. The second-order valence-electron chi connectivity index (χ2n) is 7.17. The first kappa shape index (κ1) is 21.9. The number of rotatable bonds is 8. The molecule has 2 N–H and O–H groups in total. The van der Waals surface area contributed by atoms with E-state index in [2.05, 4.69) is 15.6 Å². The van der Waals surface area contributed by atoms with Gasteiger partial charge in [0, 0.05) is 16.8 Å². The van der Waals surface area contributed by atoms with Gasteiger partial charge in [-0.2, -0.15) is 0 Å². The molecule has 0 spiro atoms. The largest absolute Gasteiger partial charge is 0.324 e. The van der Waals surface area contributed by atoms with Gasteiger partial charge in [0.1, 0.15) is 5.82 Å². The molecule has 0 aliphatic carbocycles. The molecule has 0 saturated carbocycles. The number of carbonyl (C=O) groups is 3. The second-order valence-corrected chi connectivity index (χ2v) is 7.17. The summed E-state index contributed by atoms with van der Waals surface area (Å²) in [6, 6.07) is 21.1. The Labute approximate surface area is 181 Å². The zero-order valence-corrected chi connectivity index (χ0v) is 17.5. The highest BCUT2D eigenvalue weighted by Crippen LogP contribution is 2.19. The van der Waals surface area contributed by atoms with Gasteiger partial charge < -0.3 is 10.6 Å². The smallest absolute Gasteiger partial charge is 0.239 e. The SMILES string of the molecule is Cc1cccc(NC(=O)CN(C)CC(=O)Nc2ccccc2C(=O)c2ccccc2)n1. The number of nitrogens with zero attached hydrogens (tertiary/aromatic N) is 2. The van der Waals surface area contributed by atoms with E-state index in [1.165, 1.54) is 0 Å². The van der Waals surface area contributed by atoms with Crippen molar-refractivity contribution in [1.29, 1.82) is 0 Å². The first-order valence-corrected chi connectivity index (χ1v) is 9.83. The molecule has 0 aliphatic rings. The Balaban J connectivity index is 1.58. The van der Waals surface area contributed by atoms with Crippen molar-refractivity contribution in [1.82, 2.24) is 9.88 Å². The van der Waals surface area contributed by atoms with Crippen molar-refractivity contribution in [3.63, 3.8) is 0 Å². The van der Waals surface area contributed by atoms with Gasteiger partial charge in [-0.3, -0.25) is 19.3 Å². The van der Waals surface area contributed by atoms with E-state index in [0.29, 0.717) is 22.6 Å². The van der Waals surface area contributed by atoms with Crippen LogP contribution >= 0.6 is 0 Å². The van der Waals surface area contributed by atoms with Gasteiger partial charge in [-0.15, -0.1) is 0 Å². The Hall–Kier alpha value is -3.84. The van der Waals surface area contributed by atoms with E-state index in [1.807, 2.05) is 25.1 Å². The van der Waals surface area contributed by atoms with Gasteiger partial charge in [-0.1, -0.05) is 48.5 Å². The first-order valence-electron chi connectivity index (χ1n) is 9.83. The molecule has 7 nitrogen and oxygen atoms in total. The molecule has 7 heteroatoms. The maximum Gasteiger partial charge on any atom is 0.239 e. The van der Waals surface area contributed by atoms with Gasteiger partial charge in [0.15, 0.2) is 5.78 Å². The Morgan fingerprint density at radius 2 is 1.45 bits per heavy atom. The van der Waals surface area contributed by atoms with Crippen LogP contribution in [0.4, 0.5) is 11.5 Å². The minimum atomic E-state index is -0.322. The molecular formula is C24H24N4O3. The molecule has 0 unspecified atom stereocenters. The molecule has 2 aromatic carbocycles. The Morgan fingerprint density at radius 1 is 0.806 bits per heavy atom. The summed E-state index contributed by atoms with van der Waals surface area (Å²) in [7, 11) is 1.67. The standard InChI is InChI=1S/C24H24N4O3/c1-17-9-8-14-21(25-17)27-23(30)16-28(2)15-22(29)26-20-13-7-6-12-19(20)24(31)18-10-4-3-5-11-18/h3-14H,15-16H2,1-2H3,(H,26,29)(H,25,27,30). The number of likely N-dealkylation sites (N-methyl/N-ethyl adjacent to an activating group) is 1. The maximum atomic E-state index is 12.8. The second kappa shape index (κ2) is 10.3. The Bertz CT molecular complexity index is 1080. The Morgan fingerprint density at radius 3 is 2.16 bits per heavy atom. The number of aryl methyl sites for hydroxylation is 1. The minimum absolute atomic E-state index is 0.0114. The molecule has 0 radical (unpaired) electrons. The van der Waals surface area contributed by atoms with Crippen molar-refractivity contribution in [2.24, 2.45) is 0 Å². The van der Waals surface area contributed by atoms with Gasteiger partial charge >= 0.3 is 0 Å². The highest BCUT2D eigenvalue weighted by Gasteiger charge is 2.16. The van der Waals surface area contributed by atoms with Gasteiger partial charge in [0.2, 0.25) is 11.8 Å². The number of para-hydroxylation sites is 1. The molecule has 0 bridgehead atoms. The predicted molar refractivity (Wildman–Crippen MR) is 120 cm³/mol. The third-order valence-electron chi connectivity index (χ3n) is 4.46. The van der Waals surface area contributed by atoms with Crippen LogP contribution in [-0.2, 0) is 9.59 Å². The predicted octanol–water partition coefficient (Wildman–Crippen LogP) is 3.13. The summed E-state index contributed by atoms with van der Waals surface area (Å²) in [4.78, 5) is 43.3. The topological polar surface area (TPSA) is 91.4 Å². The van der Waals surface area contributed by atoms with Crippen LogP contribution in [0.25, 0.3) is 0 Å². The summed E-state index contributed by atoms with van der Waals surface area (Å²) in [6.07, 6.45) is 0. The normalized spacial score (nSPS) is 10.5. The van der Waals surface area contributed by atoms with Crippen molar-refractivity contribution in [2.75, 3.05) is 30.8 Å². The fraction of sp³-hybridized carbons (Fsp3) is 0.167. The molecule has 3 aromatic rings. The highest BCUT2D eigenvalue weighted by molar-refractivity contribution is 6.13. The van der Waals surface area contributed by atoms with Crippen molar-refractivity contribution in [2.45, 2.75) is 6.92 Å². The van der Waals surface area contributed by atoms with Crippen LogP contribution in [0.1, 0.15) is 21.6 Å². The minimum Gasteiger partial charge on any atom is -0.324 e. The average Bonchev–Trinajstić information content (AvgIpc) is 2.74. The quantitative estimate of drug-likeness (QED) is 0.551. The van der Waals surface area contributed by atoms with Crippen molar-refractivity contribution >= 4 is 29.1 Å². The van der Waals surface area contributed by atoms with Gasteiger partial charge in [-0.05, 0) is 38.2 Å². The van der Waals surface area contributed by atoms with E-state index >= 15 is 0 Å². The molecule has 1 heterocycles. The molecule has 0 saturated heterocycles. The van der Waals surface area contributed by atoms with Crippen LogP contribution in [0.2, 0.25) is 0 Å². The summed E-state index contributed by atoms with van der Waals surface area (Å²) >= 11 is 0. The molecule has 1 aromatic heterocycles. The fourth-order valence-corrected chi connectivity index (χ4v) is 3.07. The first-order chi connectivity index (χ1) is 14.9. The average molecular weight is 416 g/mol. The lowest BCUT2D eigenvalue weighted by Gasteiger charge is -2.17. The maximum absolute atomic E-state index is 12.8. The molecule has 0 atom stereocenters. The summed E-state index contributed by atoms with van der Waals surface area (Å²) in [5.41, 5.74) is 2.19. The fourth-order valence-electron chi connectivity index (χ4n) is 3.07. The van der Waals surface area contributed by atoms with Crippen LogP contribution in [0.5, 0.6) is 0 Å². The van der Waals surface area contributed by atoms with Crippen LogP contribution in [0, 0.1) is 6.92 Å². The molecular weight excluding hydrogens is 392 g/mol. The van der Waals surface area contributed by atoms with Crippen LogP contribution in [-0.4, -0.2) is 47.6 Å². The number of carbonyl (C=O) groups excluding carboxylic acids is 3. The molecule has 2 amide bonds. The number of aromatic nitrogens is 1. The summed E-state index contributed by atoms with van der Waals surface area (Å²) < 4.78 is 0. The number of nitrogens with one attached hydrogen (secondary N) is 2. The number of anilines is 2. The monoisotopic (exact) mass is 416 g/mol. The molecule has 3 rings (SSSR count). The number of benzene rings is 2. The van der Waals surface area contributed by atoms with Crippen molar-refractivity contribution in [3.8, 4) is 0 Å². The molecule has 158 valence electrons. The number of hydrogen-bond donors (Lipinski definition) is 2. The lowest BCUT2D eigenvalue weighted by atomic mass is 10.0. The third-order valence-corrected chi connectivity index (χ3v) is 4.46. The van der Waals surface area contributed by atoms with Crippen LogP contribution in [0.15, 0.2) is 72.8 Å². The molecule has 31 heavy (non-hydrogen) atoms. The van der Waals surface area contributed by atoms with Crippen LogP contribution in [0.3, 0.4) is 0 Å². The van der Waals surface area contributed by atoms with E-state index in [1.54, 1.807) is 66.5 Å². The van der Waals surface area contributed by atoms with E-state index in [9.17, 15) is 14.4 Å². The van der Waals surface area contributed by atoms with Crippen molar-refractivity contribution in [3.05, 3.63) is 89.6 Å². The zero-order chi connectivity index (χ0) is 22.2. The summed E-state index contributed by atoms with van der Waals surface area (Å²) in [5, 5.41) is 5.49. The Kier molecular flexibility index (Phi) is 7.24. The third kappa shape index (κ3) is 6.32. The number of amides is 2. The highest BCUT2D eigenvalue weighted by atomic mass is 16.2. The van der Waals surface area contributed by atoms with E-state index in [0.717, 1.165) is 5.69 Å². The van der Waals surface area contributed by atoms with Crippen LogP contribution < -0.4 is 10.6 Å². The van der Waals surface area contributed by atoms with Crippen molar-refractivity contribution < 1.29 is 14.4 Å². The summed E-state index contributed by atoms with van der Waals surface area (Å²) in [5.74, 6) is -0.295. The zero-order valence-electron chi connectivity index (χ0n) is 17.5. The van der Waals surface area contributed by atoms with Gasteiger partial charge in [0.05, 0.1) is 18.8 Å². The lowest BCUT2D eigenvalue weighted by molar-refractivity contribution is -0.119. The lowest BCUT2D eigenvalue weighted by Crippen LogP contribution is -2.36. The number of ketones is 1.